The van der Waals surface area contributed by atoms with Gasteiger partial charge in [0, 0.05) is 0 Å². The van der Waals surface area contributed by atoms with Gasteiger partial charge in [0.05, 0.1) is 0 Å². The average Bonchev–Trinajstić information content (AvgIpc) is 1.69. The molecule has 0 unspecified atom stereocenters. The molecular formula is CH6BNNa2O5. The van der Waals surface area contributed by atoms with Crippen molar-refractivity contribution in [3.05, 3.63) is 0 Å². The topological polar surface area (TPSA) is 114 Å². The Hall–Kier alpha value is 1.19. The fourth-order valence-electron chi connectivity index (χ4n) is 0. The van der Waals surface area contributed by atoms with E-state index in [1.54, 1.807) is 0 Å². The molecule has 4 N–H and O–H groups in total. The van der Waals surface area contributed by atoms with E-state index in [0.29, 0.717) is 0 Å². The van der Waals surface area contributed by atoms with E-state index >= 15 is 0 Å². The summed E-state index contributed by atoms with van der Waals surface area (Å²) in [6, 6.07) is 0. The van der Waals surface area contributed by atoms with Crippen LogP contribution in [0.15, 0.2) is 0 Å². The number of aliphatic hydroxyl groups is 1. The molecule has 0 spiro atoms. The molecular weight excluding hydrogens is 163 g/mol. The normalized spacial score (nSPS) is 4.60. The molecule has 0 aromatic rings. The van der Waals surface area contributed by atoms with E-state index in [1.165, 1.54) is 0 Å². The van der Waals surface area contributed by atoms with Crippen LogP contribution in [0, 0.1) is 11.5 Å². The molecule has 0 rings (SSSR count). The second-order valence-electron chi connectivity index (χ2n) is 0.532. The second-order valence-corrected chi connectivity index (χ2v) is 0.532. The monoisotopic (exact) mass is 169 g/mol. The first-order valence-corrected chi connectivity index (χ1v) is 1.38. The van der Waals surface area contributed by atoms with Crippen molar-refractivity contribution < 1.29 is 25.2 Å². The predicted molar refractivity (Wildman–Crippen MR) is 35.8 cm³/mol. The van der Waals surface area contributed by atoms with E-state index in [2.05, 4.69) is 4.81 Å². The molecule has 0 aromatic carbocycles. The number of nitrogens with zero attached hydrogens (tertiary/aromatic N) is 1. The molecule has 0 heterocycles. The van der Waals surface area contributed by atoms with Crippen LogP contribution in [0.1, 0.15) is 0 Å². The van der Waals surface area contributed by atoms with E-state index in [0.717, 1.165) is 6.26 Å². The summed E-state index contributed by atoms with van der Waals surface area (Å²) >= 11 is 0. The maximum absolute atomic E-state index is 7.44. The minimum absolute atomic E-state index is 0. The summed E-state index contributed by atoms with van der Waals surface area (Å²) in [5.74, 6) is 0. The van der Waals surface area contributed by atoms with Gasteiger partial charge >= 0.3 is 66.4 Å². The second kappa shape index (κ2) is 22.5. The van der Waals surface area contributed by atoms with Crippen molar-refractivity contribution >= 4 is 66.4 Å². The standard InChI is InChI=1S/CHNO.BH3O4.2Na.2H/c2-1-3;2-1(3)5-4;;;;/h3H;2-4H;;;;. The van der Waals surface area contributed by atoms with Crippen LogP contribution in [0.3, 0.4) is 0 Å². The molecule has 0 saturated carbocycles. The Morgan fingerprint density at radius 3 is 1.40 bits per heavy atom. The Kier molecular flexibility index (Phi) is 50.5. The molecule has 0 fully saturated rings. The molecule has 9 heteroatoms. The van der Waals surface area contributed by atoms with E-state index in [9.17, 15) is 0 Å². The van der Waals surface area contributed by atoms with E-state index < -0.39 is 7.32 Å². The average molecular weight is 169 g/mol. The first-order chi connectivity index (χ1) is 3.68. The van der Waals surface area contributed by atoms with Crippen LogP contribution in [-0.2, 0) is 4.81 Å². The van der Waals surface area contributed by atoms with Crippen LogP contribution >= 0.6 is 0 Å². The van der Waals surface area contributed by atoms with Gasteiger partial charge in [0.2, 0.25) is 0 Å². The zero-order valence-electron chi connectivity index (χ0n) is 3.72. The Balaban J connectivity index is -0.0000000326. The molecule has 0 atom stereocenters. The Morgan fingerprint density at radius 2 is 1.40 bits per heavy atom. The van der Waals surface area contributed by atoms with Crippen molar-refractivity contribution in [1.29, 1.82) is 5.26 Å². The first kappa shape index (κ1) is 22.5. The van der Waals surface area contributed by atoms with Gasteiger partial charge < -0.3 is 15.2 Å². The fraction of sp³-hybridized carbons (Fsp3) is 0. The van der Waals surface area contributed by atoms with Gasteiger partial charge in [-0.25, -0.2) is 4.81 Å². The molecule has 0 aliphatic heterocycles. The van der Waals surface area contributed by atoms with Gasteiger partial charge in [0.15, 0.2) is 0 Å². The van der Waals surface area contributed by atoms with Gasteiger partial charge in [-0.05, 0) is 0 Å². The van der Waals surface area contributed by atoms with Gasteiger partial charge in [0.25, 0.3) is 6.26 Å². The van der Waals surface area contributed by atoms with Crippen LogP contribution in [-0.4, -0.2) is 86.8 Å². The number of hydrogen-bond acceptors (Lipinski definition) is 6. The fourth-order valence-corrected chi connectivity index (χ4v) is 0. The summed E-state index contributed by atoms with van der Waals surface area (Å²) in [6.45, 7) is 0. The van der Waals surface area contributed by atoms with E-state index in [1.807, 2.05) is 0 Å². The van der Waals surface area contributed by atoms with Gasteiger partial charge in [-0.15, -0.1) is 0 Å². The molecule has 50 valence electrons. The van der Waals surface area contributed by atoms with Crippen LogP contribution in [0.25, 0.3) is 0 Å². The number of aliphatic hydroxyl groups excluding tert-OH is 1. The summed E-state index contributed by atoms with van der Waals surface area (Å²) in [4.78, 5) is 2.86. The molecule has 0 bridgehead atoms. The van der Waals surface area contributed by atoms with Crippen molar-refractivity contribution in [1.82, 2.24) is 0 Å². The summed E-state index contributed by atoms with van der Waals surface area (Å²) in [5, 5.41) is 35.8. The Labute approximate surface area is 102 Å². The zero-order valence-corrected chi connectivity index (χ0v) is 3.72. The Bertz CT molecular complexity index is 74.5. The molecule has 0 aliphatic carbocycles. The number of rotatable bonds is 1. The van der Waals surface area contributed by atoms with Gasteiger partial charge in [0.1, 0.15) is 0 Å². The van der Waals surface area contributed by atoms with Gasteiger partial charge in [-0.2, -0.15) is 5.26 Å². The van der Waals surface area contributed by atoms with Crippen molar-refractivity contribution in [3.8, 4) is 6.26 Å². The van der Waals surface area contributed by atoms with Crippen LogP contribution in [0.4, 0.5) is 0 Å². The summed E-state index contributed by atoms with van der Waals surface area (Å²) < 4.78 is 0. The number of hydrogen-bond donors (Lipinski definition) is 4. The zero-order chi connectivity index (χ0) is 6.99. The quantitative estimate of drug-likeness (QED) is 0.144. The van der Waals surface area contributed by atoms with Gasteiger partial charge in [-0.3, -0.25) is 5.26 Å². The van der Waals surface area contributed by atoms with Crippen LogP contribution in [0.2, 0.25) is 0 Å². The van der Waals surface area contributed by atoms with E-state index in [4.69, 9.17) is 25.7 Å². The molecule has 10 heavy (non-hydrogen) atoms. The predicted octanol–water partition coefficient (Wildman–Crippen LogP) is -3.01. The first-order valence-electron chi connectivity index (χ1n) is 1.38. The van der Waals surface area contributed by atoms with E-state index in [-0.39, 0.29) is 59.1 Å². The molecule has 0 aromatic heterocycles. The number of nitriles is 1. The van der Waals surface area contributed by atoms with Crippen LogP contribution in [0.5, 0.6) is 0 Å². The van der Waals surface area contributed by atoms with Crippen molar-refractivity contribution in [2.24, 2.45) is 0 Å². The van der Waals surface area contributed by atoms with Crippen molar-refractivity contribution in [3.63, 3.8) is 0 Å². The van der Waals surface area contributed by atoms with Crippen LogP contribution < -0.4 is 0 Å². The molecule has 0 saturated heterocycles. The maximum atomic E-state index is 7.44. The molecule has 0 aliphatic rings. The Morgan fingerprint density at radius 1 is 1.30 bits per heavy atom. The third kappa shape index (κ3) is 60.5. The summed E-state index contributed by atoms with van der Waals surface area (Å²) in [7, 11) is -2.06. The molecule has 0 radical (unpaired) electrons. The van der Waals surface area contributed by atoms with Crippen molar-refractivity contribution in [2.75, 3.05) is 0 Å². The third-order valence-electron chi connectivity index (χ3n) is 0.0943. The summed E-state index contributed by atoms with van der Waals surface area (Å²) in [5.41, 5.74) is 0. The molecule has 0 amide bonds. The summed E-state index contributed by atoms with van der Waals surface area (Å²) in [6.07, 6.45) is 0.750. The molecule has 6 nitrogen and oxygen atoms in total. The van der Waals surface area contributed by atoms with Crippen molar-refractivity contribution in [2.45, 2.75) is 0 Å². The third-order valence-corrected chi connectivity index (χ3v) is 0.0943. The van der Waals surface area contributed by atoms with Gasteiger partial charge in [-0.1, -0.05) is 0 Å². The SMILES string of the molecule is N#CO.OOB(O)O.[NaH].[NaH]. The minimum atomic E-state index is -2.06.